The SMILES string of the molecule is CCCC(=O)N(CCc1cccc(F)c1)C1CC(C(=O)NCCO)=CC(Oc2c(I)cc(CO)cc2OC)C1O. The molecular formula is C29H36FIN2O7. The molecule has 11 heteroatoms. The van der Waals surface area contributed by atoms with Gasteiger partial charge in [0.05, 0.1) is 29.9 Å². The Morgan fingerprint density at radius 3 is 2.62 bits per heavy atom. The van der Waals surface area contributed by atoms with Crippen LogP contribution in [0.5, 0.6) is 11.5 Å². The Hall–Kier alpha value is -2.74. The summed E-state index contributed by atoms with van der Waals surface area (Å²) in [6.07, 6.45) is 0.536. The third kappa shape index (κ3) is 8.15. The first-order valence-electron chi connectivity index (χ1n) is 13.2. The average Bonchev–Trinajstić information content (AvgIpc) is 2.94. The van der Waals surface area contributed by atoms with Crippen molar-refractivity contribution in [2.45, 2.75) is 57.5 Å². The van der Waals surface area contributed by atoms with E-state index in [2.05, 4.69) is 5.32 Å². The molecule has 0 heterocycles. The lowest BCUT2D eigenvalue weighted by molar-refractivity contribution is -0.138. The normalized spacial score (nSPS) is 18.6. The van der Waals surface area contributed by atoms with Crippen LogP contribution in [0.3, 0.4) is 0 Å². The fraction of sp³-hybridized carbons (Fsp3) is 0.448. The van der Waals surface area contributed by atoms with Gasteiger partial charge in [-0.2, -0.15) is 0 Å². The standard InChI is InChI=1S/C29H36FIN2O7/c1-3-5-26(36)33(10-8-18-6-4-7-21(30)12-18)23-15-20(29(38)32-9-11-34)16-24(27(23)37)40-28-22(31)13-19(17-35)14-25(28)39-2/h4,6-7,12-14,16,23-24,27,34-35,37H,3,5,8-11,15,17H2,1-2H3,(H,32,38). The summed E-state index contributed by atoms with van der Waals surface area (Å²) in [5.74, 6) is -0.350. The Morgan fingerprint density at radius 1 is 1.20 bits per heavy atom. The van der Waals surface area contributed by atoms with Crippen LogP contribution in [-0.4, -0.2) is 77.1 Å². The number of aliphatic hydroxyl groups is 3. The molecule has 0 bridgehead atoms. The van der Waals surface area contributed by atoms with Crippen LogP contribution in [0.2, 0.25) is 0 Å². The molecule has 218 valence electrons. The van der Waals surface area contributed by atoms with E-state index in [-0.39, 0.29) is 50.9 Å². The number of methoxy groups -OCH3 is 1. The van der Waals surface area contributed by atoms with Crippen molar-refractivity contribution in [1.82, 2.24) is 10.2 Å². The monoisotopic (exact) mass is 670 g/mol. The van der Waals surface area contributed by atoms with Crippen LogP contribution in [0, 0.1) is 9.39 Å². The molecule has 3 unspecified atom stereocenters. The summed E-state index contributed by atoms with van der Waals surface area (Å²) in [4.78, 5) is 27.9. The Balaban J connectivity index is 1.98. The number of carbonyl (C=O) groups excluding carboxylic acids is 2. The van der Waals surface area contributed by atoms with Gasteiger partial charge in [0.15, 0.2) is 11.5 Å². The van der Waals surface area contributed by atoms with E-state index in [1.807, 2.05) is 29.5 Å². The van der Waals surface area contributed by atoms with E-state index in [9.17, 15) is 29.3 Å². The third-order valence-electron chi connectivity index (χ3n) is 6.66. The maximum absolute atomic E-state index is 13.8. The number of carbonyl (C=O) groups is 2. The van der Waals surface area contributed by atoms with Crippen molar-refractivity contribution in [3.05, 3.63) is 68.6 Å². The van der Waals surface area contributed by atoms with Gasteiger partial charge in [-0.25, -0.2) is 4.39 Å². The first kappa shape index (κ1) is 31.8. The summed E-state index contributed by atoms with van der Waals surface area (Å²) >= 11 is 2.04. The van der Waals surface area contributed by atoms with Crippen molar-refractivity contribution < 1.29 is 38.8 Å². The molecule has 4 N–H and O–H groups in total. The lowest BCUT2D eigenvalue weighted by Crippen LogP contribution is -2.55. The van der Waals surface area contributed by atoms with E-state index in [4.69, 9.17) is 9.47 Å². The molecule has 3 rings (SSSR count). The molecule has 0 radical (unpaired) electrons. The van der Waals surface area contributed by atoms with E-state index >= 15 is 0 Å². The first-order valence-corrected chi connectivity index (χ1v) is 14.3. The largest absolute Gasteiger partial charge is 0.493 e. The van der Waals surface area contributed by atoms with Crippen molar-refractivity contribution in [3.8, 4) is 11.5 Å². The number of ether oxygens (including phenoxy) is 2. The predicted molar refractivity (Wildman–Crippen MR) is 155 cm³/mol. The van der Waals surface area contributed by atoms with E-state index in [1.54, 1.807) is 29.2 Å². The van der Waals surface area contributed by atoms with Crippen molar-refractivity contribution in [3.63, 3.8) is 0 Å². The number of rotatable bonds is 13. The molecule has 1 aliphatic rings. The van der Waals surface area contributed by atoms with Crippen LogP contribution < -0.4 is 14.8 Å². The number of halogens is 2. The second-order valence-electron chi connectivity index (χ2n) is 9.50. The van der Waals surface area contributed by atoms with Crippen molar-refractivity contribution in [2.24, 2.45) is 0 Å². The van der Waals surface area contributed by atoms with Gasteiger partial charge in [-0.05, 0) is 76.9 Å². The molecule has 1 aliphatic carbocycles. The van der Waals surface area contributed by atoms with Crippen molar-refractivity contribution >= 4 is 34.4 Å². The maximum atomic E-state index is 13.8. The minimum absolute atomic E-state index is 0.0430. The van der Waals surface area contributed by atoms with Gasteiger partial charge in [-0.15, -0.1) is 0 Å². The van der Waals surface area contributed by atoms with Gasteiger partial charge >= 0.3 is 0 Å². The topological polar surface area (TPSA) is 129 Å². The minimum atomic E-state index is -1.21. The molecule has 0 fully saturated rings. The Labute approximate surface area is 247 Å². The van der Waals surface area contributed by atoms with Crippen LogP contribution in [0.25, 0.3) is 0 Å². The van der Waals surface area contributed by atoms with Gasteiger partial charge < -0.3 is 35.0 Å². The molecule has 2 aromatic carbocycles. The molecule has 2 aromatic rings. The average molecular weight is 671 g/mol. The molecule has 9 nitrogen and oxygen atoms in total. The molecule has 0 aliphatic heterocycles. The van der Waals surface area contributed by atoms with Gasteiger partial charge in [-0.1, -0.05) is 19.1 Å². The summed E-state index contributed by atoms with van der Waals surface area (Å²) in [6.45, 7) is 1.68. The van der Waals surface area contributed by atoms with E-state index in [0.717, 1.165) is 0 Å². The van der Waals surface area contributed by atoms with Gasteiger partial charge in [0.2, 0.25) is 11.8 Å². The molecule has 2 amide bonds. The van der Waals surface area contributed by atoms with Gasteiger partial charge in [-0.3, -0.25) is 9.59 Å². The number of amides is 2. The fourth-order valence-corrected chi connectivity index (χ4v) is 5.46. The van der Waals surface area contributed by atoms with Gasteiger partial charge in [0, 0.05) is 31.5 Å². The maximum Gasteiger partial charge on any atom is 0.247 e. The summed E-state index contributed by atoms with van der Waals surface area (Å²) in [7, 11) is 1.46. The van der Waals surface area contributed by atoms with E-state index in [0.29, 0.717) is 44.6 Å². The summed E-state index contributed by atoms with van der Waals surface area (Å²) in [5.41, 5.74) is 1.62. The highest BCUT2D eigenvalue weighted by molar-refractivity contribution is 14.1. The van der Waals surface area contributed by atoms with Gasteiger partial charge in [0.1, 0.15) is 18.0 Å². The molecule has 3 atom stereocenters. The third-order valence-corrected chi connectivity index (χ3v) is 7.46. The quantitative estimate of drug-likeness (QED) is 0.242. The second-order valence-corrected chi connectivity index (χ2v) is 10.7. The highest BCUT2D eigenvalue weighted by Gasteiger charge is 2.40. The zero-order valence-electron chi connectivity index (χ0n) is 22.6. The highest BCUT2D eigenvalue weighted by Crippen LogP contribution is 2.37. The number of benzene rings is 2. The number of hydrogen-bond donors (Lipinski definition) is 4. The predicted octanol–water partition coefficient (Wildman–Crippen LogP) is 2.72. The molecular weight excluding hydrogens is 634 g/mol. The van der Waals surface area contributed by atoms with E-state index in [1.165, 1.54) is 25.3 Å². The number of nitrogens with zero attached hydrogens (tertiary/aromatic N) is 1. The Bertz CT molecular complexity index is 1210. The van der Waals surface area contributed by atoms with Crippen LogP contribution >= 0.6 is 22.6 Å². The number of aliphatic hydroxyl groups excluding tert-OH is 3. The summed E-state index contributed by atoms with van der Waals surface area (Å²) in [5, 5.41) is 33.0. The lowest BCUT2D eigenvalue weighted by Gasteiger charge is -2.41. The van der Waals surface area contributed by atoms with Crippen LogP contribution in [0.1, 0.15) is 37.3 Å². The van der Waals surface area contributed by atoms with Crippen molar-refractivity contribution in [2.75, 3.05) is 26.8 Å². The number of nitrogens with one attached hydrogen (secondary N) is 1. The molecule has 0 aromatic heterocycles. The highest BCUT2D eigenvalue weighted by atomic mass is 127. The zero-order chi connectivity index (χ0) is 29.2. The second kappa shape index (κ2) is 15.3. The first-order chi connectivity index (χ1) is 19.2. The van der Waals surface area contributed by atoms with Crippen molar-refractivity contribution in [1.29, 1.82) is 0 Å². The molecule has 40 heavy (non-hydrogen) atoms. The molecule has 0 saturated carbocycles. The Kier molecular flexibility index (Phi) is 12.2. The smallest absolute Gasteiger partial charge is 0.247 e. The Morgan fingerprint density at radius 2 is 1.98 bits per heavy atom. The summed E-state index contributed by atoms with van der Waals surface area (Å²) < 4.78 is 26.1. The van der Waals surface area contributed by atoms with Crippen LogP contribution in [-0.2, 0) is 22.6 Å². The minimum Gasteiger partial charge on any atom is -0.493 e. The number of hydrogen-bond acceptors (Lipinski definition) is 7. The molecule has 0 spiro atoms. The zero-order valence-corrected chi connectivity index (χ0v) is 24.8. The lowest BCUT2D eigenvalue weighted by atomic mass is 9.87. The van der Waals surface area contributed by atoms with Crippen LogP contribution in [0.15, 0.2) is 48.0 Å². The fourth-order valence-electron chi connectivity index (χ4n) is 4.67. The summed E-state index contributed by atoms with van der Waals surface area (Å²) in [6, 6.07) is 8.67. The van der Waals surface area contributed by atoms with Crippen LogP contribution in [0.4, 0.5) is 4.39 Å². The molecule has 0 saturated heterocycles. The van der Waals surface area contributed by atoms with Gasteiger partial charge in [0.25, 0.3) is 0 Å². The van der Waals surface area contributed by atoms with E-state index < -0.39 is 24.2 Å².